The second-order valence-corrected chi connectivity index (χ2v) is 10.6. The monoisotopic (exact) mass is 452 g/mol. The summed E-state index contributed by atoms with van der Waals surface area (Å²) < 4.78 is 27.2. The van der Waals surface area contributed by atoms with Gasteiger partial charge in [-0.2, -0.15) is 4.31 Å². The molecule has 1 aliphatic heterocycles. The molecule has 1 amide bonds. The van der Waals surface area contributed by atoms with Crippen molar-refractivity contribution in [1.82, 2.24) is 9.21 Å². The molecule has 0 atom stereocenters. The van der Waals surface area contributed by atoms with Crippen LogP contribution in [0.3, 0.4) is 0 Å². The van der Waals surface area contributed by atoms with E-state index in [1.165, 1.54) is 27.8 Å². The van der Waals surface area contributed by atoms with Gasteiger partial charge in [0.05, 0.1) is 10.6 Å². The Kier molecular flexibility index (Phi) is 6.86. The van der Waals surface area contributed by atoms with E-state index in [0.717, 1.165) is 10.4 Å². The van der Waals surface area contributed by atoms with E-state index in [4.69, 9.17) is 0 Å². The van der Waals surface area contributed by atoms with E-state index in [2.05, 4.69) is 5.32 Å². The molecule has 162 valence electrons. The number of thiophene rings is 1. The standard InChI is InChI=1S/C19H24N4O5S2/c1-14-3-5-16(23(25)26)13-17(14)20-18(24)7-8-21-9-11-22(12-10-21)30(27,28)19-6-4-15(2)29-19/h3-6,13H,7-12H2,1-2H3,(H,20,24). The molecule has 1 fully saturated rings. The van der Waals surface area contributed by atoms with Crippen LogP contribution in [0.25, 0.3) is 0 Å². The van der Waals surface area contributed by atoms with Crippen molar-refractivity contribution >= 4 is 38.6 Å². The summed E-state index contributed by atoms with van der Waals surface area (Å²) in [6.45, 7) is 6.00. The Morgan fingerprint density at radius 2 is 1.87 bits per heavy atom. The van der Waals surface area contributed by atoms with Gasteiger partial charge in [-0.1, -0.05) is 6.07 Å². The SMILES string of the molecule is Cc1ccc(S(=O)(=O)N2CCN(CCC(=O)Nc3cc([N+](=O)[O-])ccc3C)CC2)s1. The van der Waals surface area contributed by atoms with Crippen LogP contribution in [-0.4, -0.2) is 61.2 Å². The minimum absolute atomic E-state index is 0.0748. The van der Waals surface area contributed by atoms with Gasteiger partial charge in [0.1, 0.15) is 4.21 Å². The molecular formula is C19H24N4O5S2. The van der Waals surface area contributed by atoms with E-state index in [9.17, 15) is 23.3 Å². The first-order valence-corrected chi connectivity index (χ1v) is 11.8. The normalized spacial score (nSPS) is 15.8. The number of nitro benzene ring substituents is 1. The third-order valence-electron chi connectivity index (χ3n) is 5.00. The quantitative estimate of drug-likeness (QED) is 0.510. The Bertz CT molecular complexity index is 1040. The minimum Gasteiger partial charge on any atom is -0.326 e. The van der Waals surface area contributed by atoms with Crippen molar-refractivity contribution in [2.75, 3.05) is 38.0 Å². The molecule has 0 bridgehead atoms. The van der Waals surface area contributed by atoms with Crippen LogP contribution in [0, 0.1) is 24.0 Å². The van der Waals surface area contributed by atoms with Gasteiger partial charge in [0.15, 0.2) is 0 Å². The van der Waals surface area contributed by atoms with Crippen molar-refractivity contribution < 1.29 is 18.1 Å². The number of piperazine rings is 1. The van der Waals surface area contributed by atoms with Gasteiger partial charge >= 0.3 is 0 Å². The maximum Gasteiger partial charge on any atom is 0.271 e. The zero-order valence-corrected chi connectivity index (χ0v) is 18.5. The maximum atomic E-state index is 12.7. The second-order valence-electron chi connectivity index (χ2n) is 7.17. The molecule has 2 heterocycles. The molecule has 1 aromatic heterocycles. The Labute approximate surface area is 179 Å². The number of hydrogen-bond acceptors (Lipinski definition) is 7. The van der Waals surface area contributed by atoms with Gasteiger partial charge in [0, 0.05) is 56.2 Å². The maximum absolute atomic E-state index is 12.7. The highest BCUT2D eigenvalue weighted by atomic mass is 32.2. The molecule has 0 unspecified atom stereocenters. The fraction of sp³-hybridized carbons (Fsp3) is 0.421. The Balaban J connectivity index is 1.49. The molecule has 1 N–H and O–H groups in total. The molecule has 2 aromatic rings. The van der Waals surface area contributed by atoms with Crippen molar-refractivity contribution in [2.45, 2.75) is 24.5 Å². The van der Waals surface area contributed by atoms with E-state index in [1.54, 1.807) is 25.1 Å². The predicted molar refractivity (Wildman–Crippen MR) is 115 cm³/mol. The number of nitrogens with zero attached hydrogens (tertiary/aromatic N) is 3. The van der Waals surface area contributed by atoms with Crippen LogP contribution < -0.4 is 5.32 Å². The summed E-state index contributed by atoms with van der Waals surface area (Å²) in [5, 5.41) is 13.6. The lowest BCUT2D eigenvalue weighted by molar-refractivity contribution is -0.384. The van der Waals surface area contributed by atoms with Crippen LogP contribution in [0.5, 0.6) is 0 Å². The number of anilines is 1. The molecular weight excluding hydrogens is 428 g/mol. The molecule has 11 heteroatoms. The van der Waals surface area contributed by atoms with Gasteiger partial charge in [-0.05, 0) is 31.5 Å². The summed E-state index contributed by atoms with van der Waals surface area (Å²) in [4.78, 5) is 25.7. The smallest absolute Gasteiger partial charge is 0.271 e. The lowest BCUT2D eigenvalue weighted by Gasteiger charge is -2.33. The zero-order chi connectivity index (χ0) is 21.9. The number of benzene rings is 1. The molecule has 9 nitrogen and oxygen atoms in total. The van der Waals surface area contributed by atoms with Crippen molar-refractivity contribution in [3.05, 3.63) is 50.9 Å². The molecule has 0 aliphatic carbocycles. The highest BCUT2D eigenvalue weighted by Gasteiger charge is 2.29. The largest absolute Gasteiger partial charge is 0.326 e. The van der Waals surface area contributed by atoms with Crippen LogP contribution in [0.15, 0.2) is 34.5 Å². The number of non-ortho nitro benzene ring substituents is 1. The van der Waals surface area contributed by atoms with Gasteiger partial charge < -0.3 is 10.2 Å². The highest BCUT2D eigenvalue weighted by Crippen LogP contribution is 2.25. The number of hydrogen-bond donors (Lipinski definition) is 1. The van der Waals surface area contributed by atoms with Crippen molar-refractivity contribution in [1.29, 1.82) is 0 Å². The van der Waals surface area contributed by atoms with Gasteiger partial charge in [-0.25, -0.2) is 8.42 Å². The van der Waals surface area contributed by atoms with Gasteiger partial charge in [-0.15, -0.1) is 11.3 Å². The van der Waals surface area contributed by atoms with Crippen molar-refractivity contribution in [2.24, 2.45) is 0 Å². The summed E-state index contributed by atoms with van der Waals surface area (Å²) in [5.41, 5.74) is 1.10. The third kappa shape index (κ3) is 5.22. The number of carbonyl (C=O) groups is 1. The number of carbonyl (C=O) groups excluding carboxylic acids is 1. The average Bonchev–Trinajstić information content (AvgIpc) is 3.15. The topological polar surface area (TPSA) is 113 Å². The average molecular weight is 453 g/mol. The number of sulfonamides is 1. The molecule has 1 saturated heterocycles. The summed E-state index contributed by atoms with van der Waals surface area (Å²) in [6.07, 6.45) is 0.221. The third-order valence-corrected chi connectivity index (χ3v) is 8.37. The van der Waals surface area contributed by atoms with Crippen molar-refractivity contribution in [3.8, 4) is 0 Å². The second kappa shape index (κ2) is 9.21. The minimum atomic E-state index is -3.46. The summed E-state index contributed by atoms with van der Waals surface area (Å²) in [7, 11) is -3.46. The number of amides is 1. The summed E-state index contributed by atoms with van der Waals surface area (Å²) in [6, 6.07) is 7.79. The highest BCUT2D eigenvalue weighted by molar-refractivity contribution is 7.91. The lowest BCUT2D eigenvalue weighted by atomic mass is 10.1. The first-order valence-electron chi connectivity index (χ1n) is 9.50. The Hall–Kier alpha value is -2.34. The van der Waals surface area contributed by atoms with Crippen molar-refractivity contribution in [3.63, 3.8) is 0 Å². The number of nitro groups is 1. The molecule has 0 radical (unpaired) electrons. The van der Waals surface area contributed by atoms with E-state index in [0.29, 0.717) is 42.6 Å². The van der Waals surface area contributed by atoms with E-state index < -0.39 is 14.9 Å². The fourth-order valence-corrected chi connectivity index (χ4v) is 6.06. The van der Waals surface area contributed by atoms with E-state index in [-0.39, 0.29) is 18.0 Å². The van der Waals surface area contributed by atoms with Crippen LogP contribution in [-0.2, 0) is 14.8 Å². The van der Waals surface area contributed by atoms with Gasteiger partial charge in [-0.3, -0.25) is 14.9 Å². The Morgan fingerprint density at radius 3 is 2.47 bits per heavy atom. The van der Waals surface area contributed by atoms with Crippen LogP contribution in [0.4, 0.5) is 11.4 Å². The lowest BCUT2D eigenvalue weighted by Crippen LogP contribution is -2.48. The van der Waals surface area contributed by atoms with E-state index in [1.807, 2.05) is 11.8 Å². The Morgan fingerprint density at radius 1 is 1.17 bits per heavy atom. The van der Waals surface area contributed by atoms with Crippen LogP contribution in [0.1, 0.15) is 16.9 Å². The molecule has 0 saturated carbocycles. The van der Waals surface area contributed by atoms with E-state index >= 15 is 0 Å². The first kappa shape index (κ1) is 22.3. The summed E-state index contributed by atoms with van der Waals surface area (Å²) >= 11 is 1.27. The number of rotatable bonds is 7. The van der Waals surface area contributed by atoms with Gasteiger partial charge in [0.2, 0.25) is 5.91 Å². The molecule has 0 spiro atoms. The molecule has 30 heavy (non-hydrogen) atoms. The zero-order valence-electron chi connectivity index (χ0n) is 16.8. The number of aryl methyl sites for hydroxylation is 2. The first-order chi connectivity index (χ1) is 14.2. The van der Waals surface area contributed by atoms with Crippen LogP contribution >= 0.6 is 11.3 Å². The summed E-state index contributed by atoms with van der Waals surface area (Å²) in [5.74, 6) is -0.234. The predicted octanol–water partition coefficient (Wildman–Crippen LogP) is 2.61. The van der Waals surface area contributed by atoms with Crippen LogP contribution in [0.2, 0.25) is 0 Å². The molecule has 3 rings (SSSR count). The molecule has 1 aliphatic rings. The number of nitrogens with one attached hydrogen (secondary N) is 1. The fourth-order valence-electron chi connectivity index (χ4n) is 3.20. The molecule has 1 aromatic carbocycles. The van der Waals surface area contributed by atoms with Gasteiger partial charge in [0.25, 0.3) is 15.7 Å².